The van der Waals surface area contributed by atoms with E-state index in [9.17, 15) is 4.79 Å². The highest BCUT2D eigenvalue weighted by molar-refractivity contribution is 9.10. The van der Waals surface area contributed by atoms with Gasteiger partial charge in [-0.05, 0) is 34.1 Å². The van der Waals surface area contributed by atoms with Crippen LogP contribution in [0.25, 0.3) is 0 Å². The van der Waals surface area contributed by atoms with Crippen LogP contribution in [0, 0.1) is 0 Å². The lowest BCUT2D eigenvalue weighted by Gasteiger charge is -2.15. The summed E-state index contributed by atoms with van der Waals surface area (Å²) in [5.41, 5.74) is 0.631. The van der Waals surface area contributed by atoms with Crippen LogP contribution in [0.3, 0.4) is 0 Å². The molecule has 0 atom stereocenters. The summed E-state index contributed by atoms with van der Waals surface area (Å²) < 4.78 is 7.99. The fourth-order valence-corrected chi connectivity index (χ4v) is 3.04. The van der Waals surface area contributed by atoms with Crippen molar-refractivity contribution in [1.29, 1.82) is 0 Å². The molecule has 2 rings (SSSR count). The van der Waals surface area contributed by atoms with E-state index in [2.05, 4.69) is 45.5 Å². The quantitative estimate of drug-likeness (QED) is 0.385. The molecule has 0 saturated heterocycles. The zero-order chi connectivity index (χ0) is 17.0. The molecule has 0 aliphatic rings. The first-order valence-electron chi connectivity index (χ1n) is 7.23. The van der Waals surface area contributed by atoms with Crippen molar-refractivity contribution in [3.05, 3.63) is 45.7 Å². The molecule has 0 amide bonds. The molecule has 0 saturated carbocycles. The van der Waals surface area contributed by atoms with Crippen LogP contribution in [0.4, 0.5) is 0 Å². The Hall–Kier alpha value is -1.02. The van der Waals surface area contributed by atoms with Gasteiger partial charge < -0.3 is 9.30 Å². The van der Waals surface area contributed by atoms with Gasteiger partial charge in [0.25, 0.3) is 0 Å². The van der Waals surface area contributed by atoms with Gasteiger partial charge in [-0.25, -0.2) is 4.98 Å². The summed E-state index contributed by atoms with van der Waals surface area (Å²) in [6.45, 7) is 7.99. The Kier molecular flexibility index (Phi) is 6.13. The maximum Gasteiger partial charge on any atom is 0.231 e. The third kappa shape index (κ3) is 5.52. The summed E-state index contributed by atoms with van der Waals surface area (Å²) in [4.78, 5) is 20.6. The predicted molar refractivity (Wildman–Crippen MR) is 96.7 cm³/mol. The van der Waals surface area contributed by atoms with Gasteiger partial charge in [-0.15, -0.1) is 0 Å². The van der Waals surface area contributed by atoms with E-state index in [0.29, 0.717) is 34.5 Å². The highest BCUT2D eigenvalue weighted by Crippen LogP contribution is 2.15. The second-order valence-corrected chi connectivity index (χ2v) is 13.2. The van der Waals surface area contributed by atoms with Crippen molar-refractivity contribution in [2.45, 2.75) is 32.4 Å². The normalized spacial score (nSPS) is 11.7. The number of nitrogens with zero attached hydrogens (tertiary/aromatic N) is 3. The molecule has 0 fully saturated rings. The Bertz CT molecular complexity index is 683. The van der Waals surface area contributed by atoms with Gasteiger partial charge in [0.05, 0.1) is 5.02 Å². The second-order valence-electron chi connectivity index (χ2n) is 6.40. The van der Waals surface area contributed by atoms with Gasteiger partial charge in [-0.1, -0.05) is 31.2 Å². The summed E-state index contributed by atoms with van der Waals surface area (Å²) in [5.74, 6) is -0.247. The molecule has 0 spiro atoms. The van der Waals surface area contributed by atoms with E-state index in [1.807, 2.05) is 0 Å². The maximum atomic E-state index is 12.3. The lowest BCUT2D eigenvalue weighted by Crippen LogP contribution is -2.22. The fraction of sp³-hybridized carbons (Fsp3) is 0.400. The van der Waals surface area contributed by atoms with Crippen LogP contribution in [-0.4, -0.2) is 35.0 Å². The van der Waals surface area contributed by atoms with Crippen molar-refractivity contribution >= 4 is 41.4 Å². The molecule has 8 heteroatoms. The Morgan fingerprint density at radius 2 is 2.09 bits per heavy atom. The summed E-state index contributed by atoms with van der Waals surface area (Å²) in [5, 5.41) is 0.490. The minimum atomic E-state index is -1.11. The lowest BCUT2D eigenvalue weighted by atomic mass is 10.2. The van der Waals surface area contributed by atoms with Crippen molar-refractivity contribution < 1.29 is 9.53 Å². The molecule has 0 aliphatic carbocycles. The third-order valence-corrected chi connectivity index (χ3v) is 5.71. The third-order valence-electron chi connectivity index (χ3n) is 3.15. The molecule has 0 aliphatic heterocycles. The fourth-order valence-electron chi connectivity index (χ4n) is 1.78. The van der Waals surface area contributed by atoms with Crippen molar-refractivity contribution in [3.8, 4) is 0 Å². The molecule has 2 aromatic rings. The minimum Gasteiger partial charge on any atom is -0.361 e. The van der Waals surface area contributed by atoms with E-state index in [0.717, 1.165) is 6.04 Å². The van der Waals surface area contributed by atoms with Crippen LogP contribution in [0.1, 0.15) is 16.2 Å². The van der Waals surface area contributed by atoms with E-state index < -0.39 is 8.07 Å². The van der Waals surface area contributed by atoms with Crippen LogP contribution in [0.2, 0.25) is 30.7 Å². The van der Waals surface area contributed by atoms with Gasteiger partial charge >= 0.3 is 0 Å². The van der Waals surface area contributed by atoms with Crippen molar-refractivity contribution in [2.75, 3.05) is 6.61 Å². The first-order valence-corrected chi connectivity index (χ1v) is 12.1. The van der Waals surface area contributed by atoms with Gasteiger partial charge in [-0.2, -0.15) is 0 Å². The van der Waals surface area contributed by atoms with Crippen LogP contribution in [0.5, 0.6) is 0 Å². The Labute approximate surface area is 150 Å². The summed E-state index contributed by atoms with van der Waals surface area (Å²) in [7, 11) is -1.11. The molecule has 0 bridgehead atoms. The topological polar surface area (TPSA) is 57.0 Å². The molecule has 5 nitrogen and oxygen atoms in total. The predicted octanol–water partition coefficient (Wildman–Crippen LogP) is 4.24. The number of rotatable bonds is 7. The highest BCUT2D eigenvalue weighted by Gasteiger charge is 2.17. The van der Waals surface area contributed by atoms with Crippen molar-refractivity contribution in [1.82, 2.24) is 14.5 Å². The summed E-state index contributed by atoms with van der Waals surface area (Å²) >= 11 is 9.13. The van der Waals surface area contributed by atoms with Crippen molar-refractivity contribution in [2.24, 2.45) is 0 Å². The van der Waals surface area contributed by atoms with Gasteiger partial charge in [0.1, 0.15) is 18.1 Å². The number of hydrogen-bond donors (Lipinski definition) is 0. The number of ether oxygens (including phenoxy) is 1. The molecule has 124 valence electrons. The summed E-state index contributed by atoms with van der Waals surface area (Å²) in [6, 6.07) is 4.31. The number of aromatic nitrogens is 3. The van der Waals surface area contributed by atoms with E-state index >= 15 is 0 Å². The lowest BCUT2D eigenvalue weighted by molar-refractivity contribution is 0.0855. The largest absolute Gasteiger partial charge is 0.361 e. The maximum absolute atomic E-state index is 12.3. The second kappa shape index (κ2) is 7.70. The molecular formula is C15H19BrClN3O2Si. The molecule has 0 unspecified atom stereocenters. The van der Waals surface area contributed by atoms with E-state index in [1.165, 1.54) is 6.20 Å². The molecule has 2 aromatic heterocycles. The average Bonchev–Trinajstić information content (AvgIpc) is 2.84. The Balaban J connectivity index is 2.00. The Morgan fingerprint density at radius 1 is 1.35 bits per heavy atom. The number of ketones is 1. The minimum absolute atomic E-state index is 0.247. The van der Waals surface area contributed by atoms with Gasteiger partial charge in [0.2, 0.25) is 5.78 Å². The number of pyridine rings is 1. The molecule has 2 heterocycles. The first-order chi connectivity index (χ1) is 10.8. The zero-order valence-corrected chi connectivity index (χ0v) is 16.7. The van der Waals surface area contributed by atoms with Gasteiger partial charge in [0, 0.05) is 27.1 Å². The van der Waals surface area contributed by atoms with E-state index in [1.54, 1.807) is 22.9 Å². The van der Waals surface area contributed by atoms with E-state index in [4.69, 9.17) is 16.3 Å². The van der Waals surface area contributed by atoms with E-state index in [-0.39, 0.29) is 5.78 Å². The number of imidazole rings is 1. The SMILES string of the molecule is C[Si](C)(C)CCOCn1cc(C(=O)c2ccc(Cl)cn2)nc1Br. The molecule has 0 N–H and O–H groups in total. The monoisotopic (exact) mass is 415 g/mol. The molecule has 23 heavy (non-hydrogen) atoms. The van der Waals surface area contributed by atoms with Crippen LogP contribution >= 0.6 is 27.5 Å². The van der Waals surface area contributed by atoms with Gasteiger partial charge in [0.15, 0.2) is 4.73 Å². The first kappa shape index (κ1) is 18.3. The van der Waals surface area contributed by atoms with Crippen LogP contribution in [-0.2, 0) is 11.5 Å². The van der Waals surface area contributed by atoms with Crippen LogP contribution in [0.15, 0.2) is 29.3 Å². The van der Waals surface area contributed by atoms with Crippen molar-refractivity contribution in [3.63, 3.8) is 0 Å². The Morgan fingerprint density at radius 3 is 2.70 bits per heavy atom. The molecule has 0 aromatic carbocycles. The molecular weight excluding hydrogens is 398 g/mol. The summed E-state index contributed by atoms with van der Waals surface area (Å²) in [6.07, 6.45) is 3.11. The van der Waals surface area contributed by atoms with Crippen LogP contribution < -0.4 is 0 Å². The molecule has 0 radical (unpaired) electrons. The number of halogens is 2. The number of carbonyl (C=O) groups is 1. The highest BCUT2D eigenvalue weighted by atomic mass is 79.9. The number of hydrogen-bond acceptors (Lipinski definition) is 4. The number of carbonyl (C=O) groups excluding carboxylic acids is 1. The standard InChI is InChI=1S/C15H19BrClN3O2Si/c1-23(2,3)7-6-22-10-20-9-13(19-15(20)16)14(21)12-5-4-11(17)8-18-12/h4-5,8-9H,6-7,10H2,1-3H3. The average molecular weight is 417 g/mol. The van der Waals surface area contributed by atoms with Gasteiger partial charge in [-0.3, -0.25) is 9.78 Å². The smallest absolute Gasteiger partial charge is 0.231 e. The zero-order valence-electron chi connectivity index (χ0n) is 13.3.